The number of piperazine rings is 1. The molecule has 0 saturated carbocycles. The van der Waals surface area contributed by atoms with Gasteiger partial charge >= 0.3 is 6.61 Å². The lowest BCUT2D eigenvalue weighted by Crippen LogP contribution is -2.50. The van der Waals surface area contributed by atoms with Crippen molar-refractivity contribution in [2.45, 2.75) is 13.5 Å². The van der Waals surface area contributed by atoms with Gasteiger partial charge in [-0.3, -0.25) is 9.59 Å². The lowest BCUT2D eigenvalue weighted by atomic mass is 10.1. The minimum Gasteiger partial charge on any atom is -0.434 e. The number of hydrogen-bond acceptors (Lipinski definition) is 3. The van der Waals surface area contributed by atoms with Gasteiger partial charge in [0.15, 0.2) is 0 Å². The SMILES string of the molecule is Cc1ccccc1C(=O)N1CCN(C(=O)c2ccccc2OC(F)F)CC1. The molecule has 0 spiro atoms. The smallest absolute Gasteiger partial charge is 0.387 e. The minimum atomic E-state index is -3.00. The topological polar surface area (TPSA) is 49.9 Å². The van der Waals surface area contributed by atoms with Crippen molar-refractivity contribution < 1.29 is 23.1 Å². The van der Waals surface area contributed by atoms with E-state index >= 15 is 0 Å². The Morgan fingerprint density at radius 3 is 1.89 bits per heavy atom. The fourth-order valence-corrected chi connectivity index (χ4v) is 3.11. The third-order valence-corrected chi connectivity index (χ3v) is 4.56. The molecule has 0 atom stereocenters. The van der Waals surface area contributed by atoms with Gasteiger partial charge in [0.1, 0.15) is 5.75 Å². The van der Waals surface area contributed by atoms with Crippen molar-refractivity contribution in [2.24, 2.45) is 0 Å². The Hall–Kier alpha value is -2.96. The van der Waals surface area contributed by atoms with E-state index in [0.717, 1.165) is 5.56 Å². The molecule has 2 aromatic rings. The fourth-order valence-electron chi connectivity index (χ4n) is 3.11. The minimum absolute atomic E-state index is 0.0679. The molecule has 0 N–H and O–H groups in total. The number of rotatable bonds is 4. The van der Waals surface area contributed by atoms with E-state index in [2.05, 4.69) is 4.74 Å². The second-order valence-electron chi connectivity index (χ2n) is 6.27. The molecule has 142 valence electrons. The highest BCUT2D eigenvalue weighted by molar-refractivity contribution is 5.98. The maximum atomic E-state index is 12.7. The van der Waals surface area contributed by atoms with E-state index in [4.69, 9.17) is 0 Å². The van der Waals surface area contributed by atoms with Gasteiger partial charge in [0.05, 0.1) is 5.56 Å². The van der Waals surface area contributed by atoms with Crippen molar-refractivity contribution >= 4 is 11.8 Å². The highest BCUT2D eigenvalue weighted by atomic mass is 19.3. The number of benzene rings is 2. The standard InChI is InChI=1S/C20H20F2N2O3/c1-14-6-2-3-7-15(14)18(25)23-10-12-24(13-11-23)19(26)16-8-4-5-9-17(16)27-20(21)22/h2-9,20H,10-13H2,1H3. The third-order valence-electron chi connectivity index (χ3n) is 4.56. The molecule has 2 aromatic carbocycles. The Morgan fingerprint density at radius 2 is 1.33 bits per heavy atom. The first-order valence-electron chi connectivity index (χ1n) is 8.65. The van der Waals surface area contributed by atoms with Gasteiger partial charge in [-0.2, -0.15) is 8.78 Å². The van der Waals surface area contributed by atoms with Gasteiger partial charge in [-0.15, -0.1) is 0 Å². The fraction of sp³-hybridized carbons (Fsp3) is 0.300. The second-order valence-corrected chi connectivity index (χ2v) is 6.27. The Balaban J connectivity index is 1.67. The number of nitrogens with zero attached hydrogens (tertiary/aromatic N) is 2. The Kier molecular flexibility index (Phi) is 5.69. The van der Waals surface area contributed by atoms with E-state index in [-0.39, 0.29) is 23.1 Å². The molecule has 1 saturated heterocycles. The van der Waals surface area contributed by atoms with Crippen LogP contribution in [0.15, 0.2) is 48.5 Å². The maximum Gasteiger partial charge on any atom is 0.387 e. The van der Waals surface area contributed by atoms with Crippen LogP contribution in [0.1, 0.15) is 26.3 Å². The quantitative estimate of drug-likeness (QED) is 0.826. The summed E-state index contributed by atoms with van der Waals surface area (Å²) in [4.78, 5) is 28.6. The van der Waals surface area contributed by atoms with Crippen LogP contribution < -0.4 is 4.74 Å². The zero-order valence-electron chi connectivity index (χ0n) is 14.9. The Bertz CT molecular complexity index is 833. The lowest BCUT2D eigenvalue weighted by molar-refractivity contribution is -0.0503. The molecule has 7 heteroatoms. The Labute approximate surface area is 156 Å². The molecule has 0 bridgehead atoms. The summed E-state index contributed by atoms with van der Waals surface area (Å²) in [5.74, 6) is -0.591. The van der Waals surface area contributed by atoms with Crippen molar-refractivity contribution in [3.05, 3.63) is 65.2 Å². The normalized spacial score (nSPS) is 14.4. The van der Waals surface area contributed by atoms with Gasteiger partial charge in [-0.1, -0.05) is 30.3 Å². The second kappa shape index (κ2) is 8.16. The van der Waals surface area contributed by atoms with Crippen LogP contribution in [0.3, 0.4) is 0 Å². The molecular weight excluding hydrogens is 354 g/mol. The van der Waals surface area contributed by atoms with Gasteiger partial charge in [-0.05, 0) is 30.7 Å². The van der Waals surface area contributed by atoms with E-state index < -0.39 is 6.61 Å². The molecule has 1 fully saturated rings. The number of para-hydroxylation sites is 1. The van der Waals surface area contributed by atoms with Crippen LogP contribution in [0, 0.1) is 6.92 Å². The van der Waals surface area contributed by atoms with Crippen molar-refractivity contribution in [3.63, 3.8) is 0 Å². The monoisotopic (exact) mass is 374 g/mol. The van der Waals surface area contributed by atoms with Crippen LogP contribution in [0.5, 0.6) is 5.75 Å². The largest absolute Gasteiger partial charge is 0.434 e. The Morgan fingerprint density at radius 1 is 0.852 bits per heavy atom. The zero-order chi connectivity index (χ0) is 19.4. The average Bonchev–Trinajstić information content (AvgIpc) is 2.67. The average molecular weight is 374 g/mol. The van der Waals surface area contributed by atoms with E-state index in [0.29, 0.717) is 31.7 Å². The summed E-state index contributed by atoms with van der Waals surface area (Å²) in [6.45, 7) is 0.321. The van der Waals surface area contributed by atoms with Gasteiger partial charge < -0.3 is 14.5 Å². The summed E-state index contributed by atoms with van der Waals surface area (Å²) in [5.41, 5.74) is 1.64. The van der Waals surface area contributed by atoms with Crippen LogP contribution in [-0.4, -0.2) is 54.4 Å². The van der Waals surface area contributed by atoms with Crippen molar-refractivity contribution in [1.29, 1.82) is 0 Å². The maximum absolute atomic E-state index is 12.7. The summed E-state index contributed by atoms with van der Waals surface area (Å²) in [5, 5.41) is 0. The number of hydrogen-bond donors (Lipinski definition) is 0. The first-order valence-corrected chi connectivity index (χ1v) is 8.65. The molecule has 5 nitrogen and oxygen atoms in total. The number of alkyl halides is 2. The molecule has 27 heavy (non-hydrogen) atoms. The first-order chi connectivity index (χ1) is 13.0. The van der Waals surface area contributed by atoms with Crippen LogP contribution in [0.2, 0.25) is 0 Å². The number of carbonyl (C=O) groups excluding carboxylic acids is 2. The van der Waals surface area contributed by atoms with Crippen LogP contribution in [0.25, 0.3) is 0 Å². The highest BCUT2D eigenvalue weighted by Crippen LogP contribution is 2.23. The predicted molar refractivity (Wildman–Crippen MR) is 96.1 cm³/mol. The highest BCUT2D eigenvalue weighted by Gasteiger charge is 2.27. The summed E-state index contributed by atoms with van der Waals surface area (Å²) in [7, 11) is 0. The van der Waals surface area contributed by atoms with E-state index in [1.165, 1.54) is 18.2 Å². The van der Waals surface area contributed by atoms with Crippen molar-refractivity contribution in [1.82, 2.24) is 9.80 Å². The molecule has 0 aromatic heterocycles. The number of amides is 2. The lowest BCUT2D eigenvalue weighted by Gasteiger charge is -2.35. The zero-order valence-corrected chi connectivity index (χ0v) is 14.9. The molecular formula is C20H20F2N2O3. The molecule has 0 aliphatic carbocycles. The van der Waals surface area contributed by atoms with Gasteiger partial charge in [0.25, 0.3) is 11.8 Å². The van der Waals surface area contributed by atoms with E-state index in [9.17, 15) is 18.4 Å². The van der Waals surface area contributed by atoms with Crippen LogP contribution >= 0.6 is 0 Å². The summed E-state index contributed by atoms with van der Waals surface area (Å²) < 4.78 is 29.5. The van der Waals surface area contributed by atoms with E-state index in [1.54, 1.807) is 21.9 Å². The summed E-state index contributed by atoms with van der Waals surface area (Å²) in [6, 6.07) is 13.3. The van der Waals surface area contributed by atoms with Gasteiger partial charge in [0, 0.05) is 31.7 Å². The number of aryl methyl sites for hydroxylation is 1. The summed E-state index contributed by atoms with van der Waals surface area (Å²) in [6.07, 6.45) is 0. The molecule has 2 amide bonds. The van der Waals surface area contributed by atoms with Gasteiger partial charge in [-0.25, -0.2) is 0 Å². The number of carbonyl (C=O) groups is 2. The van der Waals surface area contributed by atoms with Gasteiger partial charge in [0.2, 0.25) is 0 Å². The molecule has 0 radical (unpaired) electrons. The van der Waals surface area contributed by atoms with E-state index in [1.807, 2.05) is 25.1 Å². The molecule has 0 unspecified atom stereocenters. The van der Waals surface area contributed by atoms with Crippen LogP contribution in [0.4, 0.5) is 8.78 Å². The molecule has 1 heterocycles. The predicted octanol–water partition coefficient (Wildman–Crippen LogP) is 3.19. The third kappa shape index (κ3) is 4.24. The first kappa shape index (κ1) is 18.8. The number of ether oxygens (including phenoxy) is 1. The van der Waals surface area contributed by atoms with Crippen molar-refractivity contribution in [2.75, 3.05) is 26.2 Å². The van der Waals surface area contributed by atoms with Crippen molar-refractivity contribution in [3.8, 4) is 5.75 Å². The molecule has 3 rings (SSSR count). The summed E-state index contributed by atoms with van der Waals surface area (Å²) >= 11 is 0. The molecule has 1 aliphatic rings. The number of halogens is 2. The van der Waals surface area contributed by atoms with Crippen LogP contribution in [-0.2, 0) is 0 Å². The molecule has 1 aliphatic heterocycles.